The molecule has 0 aliphatic carbocycles. The fraction of sp³-hybridized carbons (Fsp3) is 0.250. The van der Waals surface area contributed by atoms with Gasteiger partial charge in [0, 0.05) is 22.3 Å². The van der Waals surface area contributed by atoms with Crippen molar-refractivity contribution in [1.29, 1.82) is 0 Å². The molecule has 5 heteroatoms. The highest BCUT2D eigenvalue weighted by Crippen LogP contribution is 2.33. The molecule has 0 saturated carbocycles. The third-order valence-corrected chi connectivity index (χ3v) is 4.94. The van der Waals surface area contributed by atoms with Crippen LogP contribution in [-0.2, 0) is 9.63 Å². The maximum atomic E-state index is 12.2. The molecule has 0 unspecified atom stereocenters. The first-order valence-electron chi connectivity index (χ1n) is 7.90. The lowest BCUT2D eigenvalue weighted by molar-refractivity contribution is -0.140. The fourth-order valence-electron chi connectivity index (χ4n) is 2.50. The van der Waals surface area contributed by atoms with Gasteiger partial charge < -0.3 is 4.84 Å². The van der Waals surface area contributed by atoms with E-state index in [1.54, 1.807) is 23.9 Å². The number of aryl methyl sites for hydroxylation is 3. The average molecular weight is 355 g/mol. The lowest BCUT2D eigenvalue weighted by Crippen LogP contribution is -2.11. The SMILES string of the molecule is CC(=O)O/N=C(\C)C(=O)c1ccc(Sc2c(C)cc(C)cc2C)cc1. The van der Waals surface area contributed by atoms with Crippen LogP contribution in [-0.4, -0.2) is 17.5 Å². The summed E-state index contributed by atoms with van der Waals surface area (Å²) in [6.45, 7) is 9.06. The molecule has 2 aromatic rings. The summed E-state index contributed by atoms with van der Waals surface area (Å²) < 4.78 is 0. The number of Topliss-reactive ketones (excluding diaryl/α,β-unsaturated/α-hetero) is 1. The van der Waals surface area contributed by atoms with Crippen molar-refractivity contribution in [2.75, 3.05) is 0 Å². The summed E-state index contributed by atoms with van der Waals surface area (Å²) in [6.07, 6.45) is 0. The second kappa shape index (κ2) is 8.12. The van der Waals surface area contributed by atoms with Gasteiger partial charge in [-0.2, -0.15) is 0 Å². The van der Waals surface area contributed by atoms with E-state index in [4.69, 9.17) is 0 Å². The van der Waals surface area contributed by atoms with Crippen molar-refractivity contribution in [3.63, 3.8) is 0 Å². The minimum atomic E-state index is -0.553. The zero-order chi connectivity index (χ0) is 18.6. The van der Waals surface area contributed by atoms with Crippen LogP contribution in [0.15, 0.2) is 51.3 Å². The maximum Gasteiger partial charge on any atom is 0.331 e. The lowest BCUT2D eigenvalue weighted by atomic mass is 10.1. The van der Waals surface area contributed by atoms with E-state index in [1.807, 2.05) is 12.1 Å². The molecule has 0 aromatic heterocycles. The Bertz CT molecular complexity index is 816. The van der Waals surface area contributed by atoms with Crippen LogP contribution in [0.3, 0.4) is 0 Å². The van der Waals surface area contributed by atoms with Gasteiger partial charge >= 0.3 is 5.97 Å². The Morgan fingerprint density at radius 3 is 2.04 bits per heavy atom. The highest BCUT2D eigenvalue weighted by molar-refractivity contribution is 7.99. The molecule has 130 valence electrons. The number of carbonyl (C=O) groups excluding carboxylic acids is 2. The van der Waals surface area contributed by atoms with Gasteiger partial charge in [0.25, 0.3) is 0 Å². The molecule has 2 rings (SSSR count). The van der Waals surface area contributed by atoms with Crippen LogP contribution in [0.25, 0.3) is 0 Å². The van der Waals surface area contributed by atoms with Gasteiger partial charge in [-0.15, -0.1) is 0 Å². The first-order valence-corrected chi connectivity index (χ1v) is 8.72. The molecule has 0 heterocycles. The smallest absolute Gasteiger partial charge is 0.318 e. The van der Waals surface area contributed by atoms with Crippen LogP contribution in [0.4, 0.5) is 0 Å². The van der Waals surface area contributed by atoms with Gasteiger partial charge in [-0.3, -0.25) is 4.79 Å². The van der Waals surface area contributed by atoms with Crippen molar-refractivity contribution in [3.8, 4) is 0 Å². The normalized spacial score (nSPS) is 11.3. The van der Waals surface area contributed by atoms with Gasteiger partial charge in [-0.05, 0) is 63.1 Å². The van der Waals surface area contributed by atoms with E-state index in [-0.39, 0.29) is 11.5 Å². The Hall–Kier alpha value is -2.40. The highest BCUT2D eigenvalue weighted by Gasteiger charge is 2.12. The molecule has 0 amide bonds. The Morgan fingerprint density at radius 2 is 1.52 bits per heavy atom. The van der Waals surface area contributed by atoms with E-state index in [1.165, 1.54) is 35.4 Å². The standard InChI is InChI=1S/C20H21NO3S/c1-12-10-13(2)20(14(3)11-12)25-18-8-6-17(7-9-18)19(23)15(4)21-24-16(5)22/h6-11H,1-5H3/b21-15+. The summed E-state index contributed by atoms with van der Waals surface area (Å²) in [4.78, 5) is 29.8. The van der Waals surface area contributed by atoms with Gasteiger partial charge in [-0.25, -0.2) is 4.79 Å². The van der Waals surface area contributed by atoms with Gasteiger partial charge in [0.2, 0.25) is 5.78 Å². The van der Waals surface area contributed by atoms with Crippen LogP contribution in [0.1, 0.15) is 40.9 Å². The molecule has 0 bridgehead atoms. The fourth-order valence-corrected chi connectivity index (χ4v) is 3.45. The molecule has 0 fully saturated rings. The Balaban J connectivity index is 2.16. The zero-order valence-corrected chi connectivity index (χ0v) is 15.9. The zero-order valence-electron chi connectivity index (χ0n) is 15.0. The van der Waals surface area contributed by atoms with Gasteiger partial charge in [0.1, 0.15) is 5.71 Å². The first-order chi connectivity index (χ1) is 11.8. The molecular formula is C20H21NO3S. The molecule has 0 aliphatic rings. The summed E-state index contributed by atoms with van der Waals surface area (Å²) in [7, 11) is 0. The minimum absolute atomic E-state index is 0.140. The van der Waals surface area contributed by atoms with E-state index in [9.17, 15) is 9.59 Å². The van der Waals surface area contributed by atoms with E-state index in [0.717, 1.165) is 4.90 Å². The third kappa shape index (κ3) is 5.03. The Morgan fingerprint density at radius 1 is 0.960 bits per heavy atom. The number of ketones is 1. The second-order valence-electron chi connectivity index (χ2n) is 5.94. The summed E-state index contributed by atoms with van der Waals surface area (Å²) in [5.74, 6) is -0.816. The molecule has 0 atom stereocenters. The van der Waals surface area contributed by atoms with Gasteiger partial charge in [0.05, 0.1) is 0 Å². The summed E-state index contributed by atoms with van der Waals surface area (Å²) in [5, 5.41) is 3.53. The van der Waals surface area contributed by atoms with Crippen molar-refractivity contribution in [2.45, 2.75) is 44.4 Å². The summed E-state index contributed by atoms with van der Waals surface area (Å²) in [6, 6.07) is 11.7. The number of carbonyl (C=O) groups is 2. The van der Waals surface area contributed by atoms with Crippen LogP contribution < -0.4 is 0 Å². The minimum Gasteiger partial charge on any atom is -0.318 e. The Labute approximate surface area is 152 Å². The molecule has 0 saturated heterocycles. The van der Waals surface area contributed by atoms with Crippen LogP contribution in [0.2, 0.25) is 0 Å². The van der Waals surface area contributed by atoms with E-state index in [2.05, 4.69) is 42.9 Å². The quantitative estimate of drug-likeness (QED) is 0.332. The molecule has 0 aliphatic heterocycles. The first kappa shape index (κ1) is 18.9. The molecule has 2 aromatic carbocycles. The number of rotatable bonds is 5. The van der Waals surface area contributed by atoms with Gasteiger partial charge in [-0.1, -0.05) is 34.6 Å². The number of benzene rings is 2. The molecule has 0 N–H and O–H groups in total. The van der Waals surface area contributed by atoms with Crippen molar-refractivity contribution >= 4 is 29.2 Å². The van der Waals surface area contributed by atoms with Crippen LogP contribution in [0, 0.1) is 20.8 Å². The average Bonchev–Trinajstić information content (AvgIpc) is 2.55. The monoisotopic (exact) mass is 355 g/mol. The highest BCUT2D eigenvalue weighted by atomic mass is 32.2. The predicted molar refractivity (Wildman–Crippen MR) is 100 cm³/mol. The number of hydrogen-bond donors (Lipinski definition) is 0. The van der Waals surface area contributed by atoms with Gasteiger partial charge in [0.15, 0.2) is 0 Å². The maximum absolute atomic E-state index is 12.2. The molecular weight excluding hydrogens is 334 g/mol. The number of nitrogens with zero attached hydrogens (tertiary/aromatic N) is 1. The third-order valence-electron chi connectivity index (χ3n) is 3.58. The van der Waals surface area contributed by atoms with E-state index in [0.29, 0.717) is 5.56 Å². The Kier molecular flexibility index (Phi) is 6.15. The van der Waals surface area contributed by atoms with Crippen molar-refractivity contribution in [2.24, 2.45) is 5.16 Å². The second-order valence-corrected chi connectivity index (χ2v) is 7.03. The van der Waals surface area contributed by atoms with Crippen molar-refractivity contribution in [1.82, 2.24) is 0 Å². The largest absolute Gasteiger partial charge is 0.331 e. The number of oxime groups is 1. The van der Waals surface area contributed by atoms with Crippen molar-refractivity contribution in [3.05, 3.63) is 58.7 Å². The molecule has 4 nitrogen and oxygen atoms in total. The van der Waals surface area contributed by atoms with Crippen LogP contribution in [0.5, 0.6) is 0 Å². The molecule has 0 radical (unpaired) electrons. The molecule has 25 heavy (non-hydrogen) atoms. The summed E-state index contributed by atoms with van der Waals surface area (Å²) >= 11 is 1.68. The predicted octanol–water partition coefficient (Wildman–Crippen LogP) is 4.88. The summed E-state index contributed by atoms with van der Waals surface area (Å²) in [5.41, 5.74) is 4.39. The molecule has 0 spiro atoms. The van der Waals surface area contributed by atoms with Crippen LogP contribution >= 0.6 is 11.8 Å². The lowest BCUT2D eigenvalue weighted by Gasteiger charge is -2.11. The van der Waals surface area contributed by atoms with E-state index < -0.39 is 5.97 Å². The topological polar surface area (TPSA) is 55.7 Å². The van der Waals surface area contributed by atoms with Crippen molar-refractivity contribution < 1.29 is 14.4 Å². The van der Waals surface area contributed by atoms with E-state index >= 15 is 0 Å². The number of hydrogen-bond acceptors (Lipinski definition) is 5.